The summed E-state index contributed by atoms with van der Waals surface area (Å²) in [5, 5.41) is 0.570. The lowest BCUT2D eigenvalue weighted by atomic mass is 10.1. The van der Waals surface area contributed by atoms with Crippen LogP contribution in [0.1, 0.15) is 0 Å². The Morgan fingerprint density at radius 1 is 1.43 bits per heavy atom. The zero-order valence-corrected chi connectivity index (χ0v) is 8.57. The quantitative estimate of drug-likeness (QED) is 0.814. The molecule has 0 aliphatic rings. The maximum Gasteiger partial charge on any atom is 0.151 e. The van der Waals surface area contributed by atoms with Gasteiger partial charge in [0.05, 0.1) is 10.5 Å². The van der Waals surface area contributed by atoms with Gasteiger partial charge in [0.15, 0.2) is 5.82 Å². The molecule has 0 spiro atoms. The van der Waals surface area contributed by atoms with Crippen molar-refractivity contribution in [3.8, 4) is 11.3 Å². The van der Waals surface area contributed by atoms with Gasteiger partial charge in [-0.25, -0.2) is 9.37 Å². The molecule has 2 N–H and O–H groups in total. The Morgan fingerprint density at radius 3 is 2.86 bits per heavy atom. The molecule has 1 aromatic carbocycles. The van der Waals surface area contributed by atoms with Crippen LogP contribution in [-0.4, -0.2) is 4.98 Å². The minimum atomic E-state index is -0.480. The molecule has 0 saturated carbocycles. The minimum Gasteiger partial charge on any atom is -0.389 e. The summed E-state index contributed by atoms with van der Waals surface area (Å²) in [6, 6.07) is 4.76. The first kappa shape index (κ1) is 9.43. The van der Waals surface area contributed by atoms with E-state index in [1.807, 2.05) is 0 Å². The van der Waals surface area contributed by atoms with Gasteiger partial charge in [-0.05, 0) is 12.1 Å². The van der Waals surface area contributed by atoms with E-state index in [0.717, 1.165) is 0 Å². The van der Waals surface area contributed by atoms with Gasteiger partial charge in [-0.15, -0.1) is 11.3 Å². The summed E-state index contributed by atoms with van der Waals surface area (Å²) in [5.74, 6) is -0.480. The number of aromatic nitrogens is 1. The average Bonchev–Trinajstić information content (AvgIpc) is 2.57. The summed E-state index contributed by atoms with van der Waals surface area (Å²) in [4.78, 5) is 3.98. The molecule has 2 aromatic rings. The van der Waals surface area contributed by atoms with E-state index in [1.54, 1.807) is 17.6 Å². The van der Waals surface area contributed by atoms with E-state index in [0.29, 0.717) is 16.3 Å². The highest BCUT2D eigenvalue weighted by Gasteiger charge is 2.12. The van der Waals surface area contributed by atoms with E-state index in [-0.39, 0.29) is 5.02 Å². The third-order valence-electron chi connectivity index (χ3n) is 1.80. The van der Waals surface area contributed by atoms with E-state index >= 15 is 0 Å². The standard InChI is InChI=1S/C9H6ClFN2S/c10-6-3-1-2-5(7(6)11)8-9(12)14-4-13-8/h1-4H,12H2. The molecule has 1 aromatic heterocycles. The van der Waals surface area contributed by atoms with Crippen LogP contribution >= 0.6 is 22.9 Å². The van der Waals surface area contributed by atoms with E-state index < -0.39 is 5.82 Å². The molecule has 0 atom stereocenters. The van der Waals surface area contributed by atoms with E-state index in [4.69, 9.17) is 17.3 Å². The summed E-state index contributed by atoms with van der Waals surface area (Å²) in [6.45, 7) is 0. The maximum atomic E-state index is 13.5. The van der Waals surface area contributed by atoms with Crippen molar-refractivity contribution in [3.05, 3.63) is 34.5 Å². The fourth-order valence-corrected chi connectivity index (χ4v) is 1.86. The number of hydrogen-bond acceptors (Lipinski definition) is 3. The van der Waals surface area contributed by atoms with Gasteiger partial charge >= 0.3 is 0 Å². The van der Waals surface area contributed by atoms with Crippen molar-refractivity contribution < 1.29 is 4.39 Å². The molecule has 0 saturated heterocycles. The van der Waals surface area contributed by atoms with Crippen molar-refractivity contribution in [2.45, 2.75) is 0 Å². The van der Waals surface area contributed by atoms with Crippen LogP contribution in [0.3, 0.4) is 0 Å². The number of halogens is 2. The Balaban J connectivity index is 2.63. The van der Waals surface area contributed by atoms with Crippen LogP contribution in [0.2, 0.25) is 5.02 Å². The summed E-state index contributed by atoms with van der Waals surface area (Å²) >= 11 is 6.91. The Hall–Kier alpha value is -1.13. The predicted octanol–water partition coefficient (Wildman–Crippen LogP) is 3.18. The van der Waals surface area contributed by atoms with Gasteiger partial charge in [0, 0.05) is 5.56 Å². The fraction of sp³-hybridized carbons (Fsp3) is 0. The van der Waals surface area contributed by atoms with Gasteiger partial charge in [-0.2, -0.15) is 0 Å². The molecule has 14 heavy (non-hydrogen) atoms. The zero-order valence-electron chi connectivity index (χ0n) is 7.00. The molecular weight excluding hydrogens is 223 g/mol. The van der Waals surface area contributed by atoms with Gasteiger partial charge in [0.2, 0.25) is 0 Å². The van der Waals surface area contributed by atoms with Crippen molar-refractivity contribution in [3.63, 3.8) is 0 Å². The molecule has 2 nitrogen and oxygen atoms in total. The van der Waals surface area contributed by atoms with E-state index in [1.165, 1.54) is 17.4 Å². The molecule has 1 heterocycles. The number of nitrogens with zero attached hydrogens (tertiary/aromatic N) is 1. The van der Waals surface area contributed by atoms with Crippen molar-refractivity contribution in [1.29, 1.82) is 0 Å². The van der Waals surface area contributed by atoms with Crippen molar-refractivity contribution >= 4 is 27.9 Å². The van der Waals surface area contributed by atoms with Crippen LogP contribution in [0.5, 0.6) is 0 Å². The van der Waals surface area contributed by atoms with E-state index in [2.05, 4.69) is 4.98 Å². The maximum absolute atomic E-state index is 13.5. The van der Waals surface area contributed by atoms with Gasteiger partial charge < -0.3 is 5.73 Å². The lowest BCUT2D eigenvalue weighted by Gasteiger charge is -2.01. The monoisotopic (exact) mass is 228 g/mol. The average molecular weight is 229 g/mol. The summed E-state index contributed by atoms with van der Waals surface area (Å²) < 4.78 is 13.5. The SMILES string of the molecule is Nc1scnc1-c1cccc(Cl)c1F. The molecule has 0 aliphatic heterocycles. The Kier molecular flexibility index (Phi) is 2.39. The highest BCUT2D eigenvalue weighted by Crippen LogP contribution is 2.31. The van der Waals surface area contributed by atoms with Crippen LogP contribution in [0.25, 0.3) is 11.3 Å². The Morgan fingerprint density at radius 2 is 2.21 bits per heavy atom. The zero-order chi connectivity index (χ0) is 10.1. The predicted molar refractivity (Wildman–Crippen MR) is 56.9 cm³/mol. The largest absolute Gasteiger partial charge is 0.389 e. The Labute approximate surface area is 89.2 Å². The number of nitrogen functional groups attached to an aromatic ring is 1. The first-order chi connectivity index (χ1) is 6.70. The fourth-order valence-electron chi connectivity index (χ4n) is 1.14. The van der Waals surface area contributed by atoms with Gasteiger partial charge in [-0.1, -0.05) is 17.7 Å². The van der Waals surface area contributed by atoms with Crippen LogP contribution in [-0.2, 0) is 0 Å². The first-order valence-electron chi connectivity index (χ1n) is 3.83. The van der Waals surface area contributed by atoms with Crippen LogP contribution in [0.15, 0.2) is 23.7 Å². The third-order valence-corrected chi connectivity index (χ3v) is 2.75. The van der Waals surface area contributed by atoms with Crippen molar-refractivity contribution in [1.82, 2.24) is 4.98 Å². The second kappa shape index (κ2) is 3.55. The number of benzene rings is 1. The first-order valence-corrected chi connectivity index (χ1v) is 5.09. The third kappa shape index (κ3) is 1.47. The van der Waals surface area contributed by atoms with Gasteiger partial charge in [0.1, 0.15) is 10.7 Å². The minimum absolute atomic E-state index is 0.0786. The van der Waals surface area contributed by atoms with Crippen molar-refractivity contribution in [2.24, 2.45) is 0 Å². The lowest BCUT2D eigenvalue weighted by Crippen LogP contribution is -1.89. The van der Waals surface area contributed by atoms with Gasteiger partial charge in [-0.3, -0.25) is 0 Å². The molecular formula is C9H6ClFN2S. The molecule has 72 valence electrons. The molecule has 0 fully saturated rings. The molecule has 0 unspecified atom stereocenters. The summed E-state index contributed by atoms with van der Waals surface area (Å²) in [6.07, 6.45) is 0. The molecule has 2 rings (SSSR count). The highest BCUT2D eigenvalue weighted by atomic mass is 35.5. The van der Waals surface area contributed by atoms with Crippen molar-refractivity contribution in [2.75, 3.05) is 5.73 Å². The normalized spacial score (nSPS) is 10.4. The highest BCUT2D eigenvalue weighted by molar-refractivity contribution is 7.14. The molecule has 0 aliphatic carbocycles. The second-order valence-corrected chi connectivity index (χ2v) is 3.96. The summed E-state index contributed by atoms with van der Waals surface area (Å²) in [7, 11) is 0. The molecule has 0 radical (unpaired) electrons. The van der Waals surface area contributed by atoms with E-state index in [9.17, 15) is 4.39 Å². The van der Waals surface area contributed by atoms with Crippen LogP contribution in [0.4, 0.5) is 9.39 Å². The number of nitrogens with two attached hydrogens (primary N) is 1. The van der Waals surface area contributed by atoms with Gasteiger partial charge in [0.25, 0.3) is 0 Å². The number of rotatable bonds is 1. The molecule has 0 bridgehead atoms. The Bertz CT molecular complexity index is 470. The number of anilines is 1. The smallest absolute Gasteiger partial charge is 0.151 e. The van der Waals surface area contributed by atoms with Crippen LogP contribution in [0, 0.1) is 5.82 Å². The summed E-state index contributed by atoms with van der Waals surface area (Å²) in [5.41, 5.74) is 8.01. The molecule has 5 heteroatoms. The van der Waals surface area contributed by atoms with Crippen LogP contribution < -0.4 is 5.73 Å². The number of hydrogen-bond donors (Lipinski definition) is 1. The second-order valence-electron chi connectivity index (χ2n) is 2.67. The number of thiazole rings is 1. The molecule has 0 amide bonds. The topological polar surface area (TPSA) is 38.9 Å². The lowest BCUT2D eigenvalue weighted by molar-refractivity contribution is 0.631.